The monoisotopic (exact) mass is 405 g/mol. The lowest BCUT2D eigenvalue weighted by molar-refractivity contribution is -0.120. The van der Waals surface area contributed by atoms with Crippen molar-refractivity contribution >= 4 is 29.3 Å². The van der Waals surface area contributed by atoms with Crippen LogP contribution in [0.5, 0.6) is 0 Å². The van der Waals surface area contributed by atoms with Crippen LogP contribution in [0.15, 0.2) is 42.2 Å². The van der Waals surface area contributed by atoms with Gasteiger partial charge in [0.15, 0.2) is 5.65 Å². The first kappa shape index (κ1) is 18.6. The summed E-state index contributed by atoms with van der Waals surface area (Å²) in [5, 5.41) is 23.9. The Balaban J connectivity index is 1.43. The number of pyridine rings is 1. The summed E-state index contributed by atoms with van der Waals surface area (Å²) >= 11 is 0. The molecule has 3 aromatic rings. The Bertz CT molecular complexity index is 1110. The fourth-order valence-electron chi connectivity index (χ4n) is 3.48. The third-order valence-electron chi connectivity index (χ3n) is 5.20. The van der Waals surface area contributed by atoms with Crippen LogP contribution in [0.25, 0.3) is 11.7 Å². The van der Waals surface area contributed by atoms with E-state index >= 15 is 0 Å². The molecule has 0 bridgehead atoms. The number of hydrogen-bond acceptors (Lipinski definition) is 7. The summed E-state index contributed by atoms with van der Waals surface area (Å²) in [5.41, 5.74) is 3.05. The van der Waals surface area contributed by atoms with E-state index in [0.29, 0.717) is 23.8 Å². The van der Waals surface area contributed by atoms with Crippen LogP contribution in [0.4, 0.5) is 11.6 Å². The summed E-state index contributed by atoms with van der Waals surface area (Å²) in [5.74, 6) is 1.42. The summed E-state index contributed by atoms with van der Waals surface area (Å²) in [6.45, 7) is 0.699. The smallest absolute Gasteiger partial charge is 0.226 e. The van der Waals surface area contributed by atoms with Crippen molar-refractivity contribution in [1.29, 1.82) is 0 Å². The maximum absolute atomic E-state index is 11.6. The molecular formula is C21H23N7O2. The van der Waals surface area contributed by atoms with E-state index < -0.39 is 6.23 Å². The number of rotatable bonds is 7. The fourth-order valence-corrected chi connectivity index (χ4v) is 3.48. The molecule has 2 fully saturated rings. The summed E-state index contributed by atoms with van der Waals surface area (Å²) < 4.78 is 1.77. The zero-order chi connectivity index (χ0) is 20.5. The SMILES string of the molecule is O=C1CC(=Cc2cnn3c(NC4CC4)cc(NCCc4ccccn4)nc23)C(O)N1. The maximum Gasteiger partial charge on any atom is 0.226 e. The highest BCUT2D eigenvalue weighted by atomic mass is 16.3. The molecule has 0 radical (unpaired) electrons. The highest BCUT2D eigenvalue weighted by molar-refractivity contribution is 5.85. The van der Waals surface area contributed by atoms with Crippen molar-refractivity contribution in [3.05, 3.63) is 53.5 Å². The van der Waals surface area contributed by atoms with Gasteiger partial charge in [-0.15, -0.1) is 0 Å². The molecule has 5 rings (SSSR count). The molecule has 9 heteroatoms. The van der Waals surface area contributed by atoms with Gasteiger partial charge in [0.1, 0.15) is 17.9 Å². The van der Waals surface area contributed by atoms with E-state index in [-0.39, 0.29) is 12.3 Å². The van der Waals surface area contributed by atoms with E-state index in [2.05, 4.69) is 26.0 Å². The molecule has 1 unspecified atom stereocenters. The van der Waals surface area contributed by atoms with Crippen molar-refractivity contribution in [2.24, 2.45) is 0 Å². The number of hydrogen-bond donors (Lipinski definition) is 4. The third-order valence-corrected chi connectivity index (χ3v) is 5.20. The first-order valence-electron chi connectivity index (χ1n) is 10.1. The minimum Gasteiger partial charge on any atom is -0.370 e. The number of aliphatic hydroxyl groups excluding tert-OH is 1. The normalized spacial score (nSPS) is 20.0. The summed E-state index contributed by atoms with van der Waals surface area (Å²) in [7, 11) is 0. The summed E-state index contributed by atoms with van der Waals surface area (Å²) in [6, 6.07) is 8.31. The molecule has 3 aromatic heterocycles. The quantitative estimate of drug-likeness (QED) is 0.471. The average molecular weight is 405 g/mol. The number of carbonyl (C=O) groups excluding carboxylic acids is 1. The second kappa shape index (κ2) is 7.75. The van der Waals surface area contributed by atoms with Crippen molar-refractivity contribution in [3.63, 3.8) is 0 Å². The zero-order valence-corrected chi connectivity index (χ0v) is 16.4. The van der Waals surface area contributed by atoms with Gasteiger partial charge in [0, 0.05) is 42.5 Å². The van der Waals surface area contributed by atoms with Crippen molar-refractivity contribution in [1.82, 2.24) is 24.9 Å². The molecule has 1 aliphatic heterocycles. The first-order chi connectivity index (χ1) is 14.7. The first-order valence-corrected chi connectivity index (χ1v) is 10.1. The molecule has 0 aromatic carbocycles. The lowest BCUT2D eigenvalue weighted by Gasteiger charge is -2.11. The van der Waals surface area contributed by atoms with Gasteiger partial charge in [-0.3, -0.25) is 9.78 Å². The van der Waals surface area contributed by atoms with Crippen molar-refractivity contribution in [2.75, 3.05) is 17.2 Å². The van der Waals surface area contributed by atoms with Gasteiger partial charge < -0.3 is 21.1 Å². The molecule has 154 valence electrons. The molecule has 1 amide bonds. The number of nitrogens with one attached hydrogen (secondary N) is 3. The highest BCUT2D eigenvalue weighted by Crippen LogP contribution is 2.28. The van der Waals surface area contributed by atoms with Crippen LogP contribution in [-0.4, -0.2) is 49.4 Å². The van der Waals surface area contributed by atoms with Crippen molar-refractivity contribution in [3.8, 4) is 0 Å². The minimum atomic E-state index is -0.962. The van der Waals surface area contributed by atoms with Crippen molar-refractivity contribution < 1.29 is 9.90 Å². The van der Waals surface area contributed by atoms with E-state index in [4.69, 9.17) is 4.98 Å². The molecule has 1 saturated heterocycles. The lowest BCUT2D eigenvalue weighted by atomic mass is 10.1. The van der Waals surface area contributed by atoms with Crippen LogP contribution < -0.4 is 16.0 Å². The van der Waals surface area contributed by atoms with Crippen LogP contribution in [0.3, 0.4) is 0 Å². The molecule has 0 spiro atoms. The van der Waals surface area contributed by atoms with Crippen LogP contribution in [0.2, 0.25) is 0 Å². The molecule has 4 heterocycles. The number of fused-ring (bicyclic) bond motifs is 1. The van der Waals surface area contributed by atoms with E-state index in [1.807, 2.05) is 24.3 Å². The molecular weight excluding hydrogens is 382 g/mol. The number of nitrogens with zero attached hydrogens (tertiary/aromatic N) is 4. The van der Waals surface area contributed by atoms with Crippen LogP contribution in [-0.2, 0) is 11.2 Å². The second-order valence-corrected chi connectivity index (χ2v) is 7.64. The Kier molecular flexibility index (Phi) is 4.80. The van der Waals surface area contributed by atoms with Gasteiger partial charge in [-0.05, 0) is 36.6 Å². The number of amides is 1. The Morgan fingerprint density at radius 1 is 1.33 bits per heavy atom. The topological polar surface area (TPSA) is 116 Å². The van der Waals surface area contributed by atoms with Gasteiger partial charge in [0.25, 0.3) is 0 Å². The predicted octanol–water partition coefficient (Wildman–Crippen LogP) is 1.57. The van der Waals surface area contributed by atoms with E-state index in [0.717, 1.165) is 42.2 Å². The minimum absolute atomic E-state index is 0.174. The fraction of sp³-hybridized carbons (Fsp3) is 0.333. The Hall–Kier alpha value is -3.46. The molecule has 30 heavy (non-hydrogen) atoms. The zero-order valence-electron chi connectivity index (χ0n) is 16.4. The van der Waals surface area contributed by atoms with Gasteiger partial charge in [-0.1, -0.05) is 6.07 Å². The standard InChI is InChI=1S/C21H23N7O2/c29-19-10-13(21(30)27-19)9-14-12-24-28-18(25-16-4-5-16)11-17(26-20(14)28)23-8-6-15-3-1-2-7-22-15/h1-3,7,9,11-12,16,21,25,30H,4-6,8,10H2,(H,23,26)(H,27,29). The van der Waals surface area contributed by atoms with Crippen LogP contribution in [0.1, 0.15) is 30.5 Å². The van der Waals surface area contributed by atoms with Gasteiger partial charge in [0.05, 0.1) is 12.6 Å². The molecule has 2 aliphatic rings. The number of carbonyl (C=O) groups is 1. The van der Waals surface area contributed by atoms with E-state index in [1.54, 1.807) is 23.0 Å². The molecule has 1 saturated carbocycles. The summed E-state index contributed by atoms with van der Waals surface area (Å²) in [6.07, 6.45) is 7.58. The predicted molar refractivity (Wildman–Crippen MR) is 113 cm³/mol. The van der Waals surface area contributed by atoms with Gasteiger partial charge in [-0.2, -0.15) is 9.61 Å². The second-order valence-electron chi connectivity index (χ2n) is 7.64. The Labute approximate surface area is 173 Å². The number of aromatic nitrogens is 4. The maximum atomic E-state index is 11.6. The Morgan fingerprint density at radius 2 is 2.23 bits per heavy atom. The van der Waals surface area contributed by atoms with Gasteiger partial charge in [0.2, 0.25) is 5.91 Å². The highest BCUT2D eigenvalue weighted by Gasteiger charge is 2.25. The molecule has 9 nitrogen and oxygen atoms in total. The largest absolute Gasteiger partial charge is 0.370 e. The molecule has 1 atom stereocenters. The van der Waals surface area contributed by atoms with Crippen LogP contribution >= 0.6 is 0 Å². The van der Waals surface area contributed by atoms with Crippen LogP contribution in [0, 0.1) is 0 Å². The Morgan fingerprint density at radius 3 is 2.97 bits per heavy atom. The van der Waals surface area contributed by atoms with Gasteiger partial charge in [-0.25, -0.2) is 4.98 Å². The third kappa shape index (κ3) is 3.97. The van der Waals surface area contributed by atoms with E-state index in [1.165, 1.54) is 0 Å². The lowest BCUT2D eigenvalue weighted by Crippen LogP contribution is -2.25. The van der Waals surface area contributed by atoms with E-state index in [9.17, 15) is 9.90 Å². The summed E-state index contributed by atoms with van der Waals surface area (Å²) in [4.78, 5) is 20.6. The van der Waals surface area contributed by atoms with Crippen molar-refractivity contribution in [2.45, 2.75) is 38.0 Å². The van der Waals surface area contributed by atoms with Gasteiger partial charge >= 0.3 is 0 Å². The molecule has 4 N–H and O–H groups in total. The average Bonchev–Trinajstić information content (AvgIpc) is 3.37. The number of anilines is 2. The number of aliphatic hydroxyl groups is 1. The molecule has 1 aliphatic carbocycles.